The van der Waals surface area contributed by atoms with Crippen LogP contribution in [-0.4, -0.2) is 10.5 Å². The molecule has 0 aliphatic rings. The first-order chi connectivity index (χ1) is 13.7. The largest absolute Gasteiger partial charge is 0.489 e. The minimum atomic E-state index is -0.178. The minimum Gasteiger partial charge on any atom is -0.489 e. The number of fused-ring (bicyclic) bond motifs is 1. The SMILES string of the molecule is Cc1ccc(COc2ccc(C(=O)n3cc(C#N)c4ccccc43)cc2)cc1. The molecule has 0 bridgehead atoms. The Labute approximate surface area is 163 Å². The van der Waals surface area contributed by atoms with Crippen LogP contribution in [0.15, 0.2) is 79.0 Å². The van der Waals surface area contributed by atoms with Crippen LogP contribution in [0.25, 0.3) is 10.9 Å². The molecule has 0 aliphatic carbocycles. The van der Waals surface area contributed by atoms with Gasteiger partial charge in [-0.25, -0.2) is 0 Å². The molecule has 0 spiro atoms. The van der Waals surface area contributed by atoms with E-state index in [0.29, 0.717) is 23.5 Å². The zero-order valence-electron chi connectivity index (χ0n) is 15.4. The van der Waals surface area contributed by atoms with Crippen LogP contribution in [0.5, 0.6) is 5.75 Å². The molecular formula is C24H18N2O2. The van der Waals surface area contributed by atoms with Gasteiger partial charge in [0.1, 0.15) is 18.4 Å². The minimum absolute atomic E-state index is 0.178. The summed E-state index contributed by atoms with van der Waals surface area (Å²) in [6, 6.07) is 24.8. The average Bonchev–Trinajstić information content (AvgIpc) is 3.12. The van der Waals surface area contributed by atoms with Crippen molar-refractivity contribution in [1.82, 2.24) is 4.57 Å². The second-order valence-electron chi connectivity index (χ2n) is 6.65. The van der Waals surface area contributed by atoms with Crippen LogP contribution in [0.2, 0.25) is 0 Å². The molecule has 4 aromatic rings. The molecule has 0 fully saturated rings. The zero-order valence-corrected chi connectivity index (χ0v) is 15.4. The smallest absolute Gasteiger partial charge is 0.262 e. The number of para-hydroxylation sites is 1. The summed E-state index contributed by atoms with van der Waals surface area (Å²) in [5, 5.41) is 10.1. The third-order valence-corrected chi connectivity index (χ3v) is 4.68. The van der Waals surface area contributed by atoms with Crippen LogP contribution in [0.4, 0.5) is 0 Å². The summed E-state index contributed by atoms with van der Waals surface area (Å²) in [5.41, 5.74) is 4.05. The number of aryl methyl sites for hydroxylation is 1. The third-order valence-electron chi connectivity index (χ3n) is 4.68. The molecule has 0 saturated heterocycles. The van der Waals surface area contributed by atoms with Crippen molar-refractivity contribution < 1.29 is 9.53 Å². The van der Waals surface area contributed by atoms with Crippen LogP contribution in [0.3, 0.4) is 0 Å². The van der Waals surface area contributed by atoms with Crippen molar-refractivity contribution in [2.24, 2.45) is 0 Å². The molecule has 0 radical (unpaired) electrons. The summed E-state index contributed by atoms with van der Waals surface area (Å²) in [6.45, 7) is 2.52. The molecule has 1 heterocycles. The lowest BCUT2D eigenvalue weighted by Crippen LogP contribution is -2.10. The van der Waals surface area contributed by atoms with E-state index >= 15 is 0 Å². The van der Waals surface area contributed by atoms with Crippen LogP contribution in [-0.2, 0) is 6.61 Å². The Balaban J connectivity index is 1.53. The Kier molecular flexibility index (Phi) is 4.65. The van der Waals surface area contributed by atoms with Gasteiger partial charge in [0.05, 0.1) is 11.1 Å². The fourth-order valence-electron chi connectivity index (χ4n) is 3.12. The van der Waals surface area contributed by atoms with Crippen molar-refractivity contribution in [3.05, 3.63) is 101 Å². The normalized spacial score (nSPS) is 10.6. The average molecular weight is 366 g/mol. The first kappa shape index (κ1) is 17.6. The second kappa shape index (κ2) is 7.42. The van der Waals surface area contributed by atoms with E-state index in [9.17, 15) is 10.1 Å². The molecular weight excluding hydrogens is 348 g/mol. The van der Waals surface area contributed by atoms with Crippen LogP contribution in [0.1, 0.15) is 27.0 Å². The maximum absolute atomic E-state index is 12.9. The predicted octanol–water partition coefficient (Wildman–Crippen LogP) is 5.09. The van der Waals surface area contributed by atoms with Gasteiger partial charge in [-0.05, 0) is 42.8 Å². The maximum atomic E-state index is 12.9. The molecule has 0 unspecified atom stereocenters. The van der Waals surface area contributed by atoms with Crippen LogP contribution in [0, 0.1) is 18.3 Å². The molecule has 3 aromatic carbocycles. The van der Waals surface area contributed by atoms with Gasteiger partial charge in [0.2, 0.25) is 0 Å². The highest BCUT2D eigenvalue weighted by Crippen LogP contribution is 2.22. The first-order valence-corrected chi connectivity index (χ1v) is 8.99. The molecule has 4 nitrogen and oxygen atoms in total. The fourth-order valence-corrected chi connectivity index (χ4v) is 3.12. The van der Waals surface area contributed by atoms with Crippen LogP contribution >= 0.6 is 0 Å². The molecule has 1 aromatic heterocycles. The summed E-state index contributed by atoms with van der Waals surface area (Å²) >= 11 is 0. The van der Waals surface area contributed by atoms with E-state index < -0.39 is 0 Å². The lowest BCUT2D eigenvalue weighted by atomic mass is 10.1. The van der Waals surface area contributed by atoms with Crippen LogP contribution < -0.4 is 4.74 Å². The van der Waals surface area contributed by atoms with Crippen molar-refractivity contribution in [3.8, 4) is 11.8 Å². The molecule has 0 saturated carbocycles. The highest BCUT2D eigenvalue weighted by atomic mass is 16.5. The molecule has 0 aliphatic heterocycles. The lowest BCUT2D eigenvalue weighted by molar-refractivity contribution is 0.0965. The fraction of sp³-hybridized carbons (Fsp3) is 0.0833. The Morgan fingerprint density at radius 1 is 1.00 bits per heavy atom. The second-order valence-corrected chi connectivity index (χ2v) is 6.65. The highest BCUT2D eigenvalue weighted by Gasteiger charge is 2.15. The van der Waals surface area contributed by atoms with Gasteiger partial charge in [-0.1, -0.05) is 48.0 Å². The van der Waals surface area contributed by atoms with Crippen molar-refractivity contribution in [3.63, 3.8) is 0 Å². The zero-order chi connectivity index (χ0) is 19.5. The van der Waals surface area contributed by atoms with Crippen molar-refractivity contribution in [2.45, 2.75) is 13.5 Å². The van der Waals surface area contributed by atoms with E-state index in [-0.39, 0.29) is 5.91 Å². The van der Waals surface area contributed by atoms with Gasteiger partial charge >= 0.3 is 0 Å². The number of nitriles is 1. The summed E-state index contributed by atoms with van der Waals surface area (Å²) < 4.78 is 7.33. The van der Waals surface area contributed by atoms with E-state index in [1.807, 2.05) is 43.3 Å². The van der Waals surface area contributed by atoms with Crippen molar-refractivity contribution >= 4 is 16.8 Å². The number of nitrogens with zero attached hydrogens (tertiary/aromatic N) is 2. The van der Waals surface area contributed by atoms with Gasteiger partial charge in [-0.15, -0.1) is 0 Å². The first-order valence-electron chi connectivity index (χ1n) is 8.99. The number of ether oxygens (including phenoxy) is 1. The van der Waals surface area contributed by atoms with E-state index in [1.54, 1.807) is 30.5 Å². The number of aromatic nitrogens is 1. The third kappa shape index (κ3) is 3.38. The molecule has 4 heteroatoms. The van der Waals surface area contributed by atoms with E-state index in [0.717, 1.165) is 16.5 Å². The van der Waals surface area contributed by atoms with Crippen molar-refractivity contribution in [2.75, 3.05) is 0 Å². The molecule has 28 heavy (non-hydrogen) atoms. The Hall–Kier alpha value is -3.84. The van der Waals surface area contributed by atoms with Crippen molar-refractivity contribution in [1.29, 1.82) is 5.26 Å². The summed E-state index contributed by atoms with van der Waals surface area (Å²) in [5.74, 6) is 0.523. The molecule has 136 valence electrons. The van der Waals surface area contributed by atoms with Gasteiger partial charge < -0.3 is 4.74 Å². The molecule has 0 amide bonds. The standard InChI is InChI=1S/C24H18N2O2/c1-17-6-8-18(9-7-17)16-28-21-12-10-19(11-13-21)24(27)26-15-20(14-25)22-4-2-3-5-23(22)26/h2-13,15H,16H2,1H3. The maximum Gasteiger partial charge on any atom is 0.262 e. The Bertz CT molecular complexity index is 1180. The van der Waals surface area contributed by atoms with E-state index in [4.69, 9.17) is 4.74 Å². The topological polar surface area (TPSA) is 55.0 Å². The summed E-state index contributed by atoms with van der Waals surface area (Å²) in [7, 11) is 0. The summed E-state index contributed by atoms with van der Waals surface area (Å²) in [6.07, 6.45) is 1.59. The lowest BCUT2D eigenvalue weighted by Gasteiger charge is -2.08. The number of benzene rings is 3. The molecule has 0 N–H and O–H groups in total. The Morgan fingerprint density at radius 3 is 2.43 bits per heavy atom. The Morgan fingerprint density at radius 2 is 1.71 bits per heavy atom. The number of carbonyl (C=O) groups excluding carboxylic acids is 1. The number of hydrogen-bond acceptors (Lipinski definition) is 3. The molecule has 0 atom stereocenters. The van der Waals surface area contributed by atoms with Gasteiger partial charge in [0.15, 0.2) is 0 Å². The van der Waals surface area contributed by atoms with E-state index in [2.05, 4.69) is 18.2 Å². The van der Waals surface area contributed by atoms with Gasteiger partial charge in [-0.2, -0.15) is 5.26 Å². The van der Waals surface area contributed by atoms with Gasteiger partial charge in [0.25, 0.3) is 5.91 Å². The quantitative estimate of drug-likeness (QED) is 0.505. The predicted molar refractivity (Wildman–Crippen MR) is 108 cm³/mol. The van der Waals surface area contributed by atoms with Gasteiger partial charge in [-0.3, -0.25) is 9.36 Å². The number of hydrogen-bond donors (Lipinski definition) is 0. The van der Waals surface area contributed by atoms with E-state index in [1.165, 1.54) is 10.1 Å². The monoisotopic (exact) mass is 366 g/mol. The highest BCUT2D eigenvalue weighted by molar-refractivity contribution is 6.03. The number of carbonyl (C=O) groups is 1. The molecule has 4 rings (SSSR count). The summed E-state index contributed by atoms with van der Waals surface area (Å²) in [4.78, 5) is 12.9. The van der Waals surface area contributed by atoms with Gasteiger partial charge in [0, 0.05) is 17.1 Å². The number of rotatable bonds is 4.